The van der Waals surface area contributed by atoms with Crippen molar-refractivity contribution in [2.45, 2.75) is 18.9 Å². The van der Waals surface area contributed by atoms with Crippen molar-refractivity contribution in [2.24, 2.45) is 0 Å². The van der Waals surface area contributed by atoms with Crippen LogP contribution < -0.4 is 24.3 Å². The van der Waals surface area contributed by atoms with Gasteiger partial charge in [0.2, 0.25) is 6.79 Å². The van der Waals surface area contributed by atoms with E-state index in [1.165, 1.54) is 19.2 Å². The molecule has 168 valence electrons. The Morgan fingerprint density at radius 2 is 2.03 bits per heavy atom. The Hall–Kier alpha value is -3.30. The molecule has 3 heterocycles. The Labute approximate surface area is 185 Å². The number of hydrogen-bond donors (Lipinski definition) is 2. The summed E-state index contributed by atoms with van der Waals surface area (Å²) in [4.78, 5) is 11.0. The molecule has 0 radical (unpaired) electrons. The number of likely N-dealkylation sites (tertiary alicyclic amines) is 1. The molecule has 0 amide bonds. The normalized spacial score (nSPS) is 16.3. The van der Waals surface area contributed by atoms with Crippen LogP contribution in [0.15, 0.2) is 36.7 Å². The number of anilines is 2. The van der Waals surface area contributed by atoms with Crippen molar-refractivity contribution < 1.29 is 24.1 Å². The number of nitrogens with one attached hydrogen (secondary N) is 1. The van der Waals surface area contributed by atoms with Gasteiger partial charge >= 0.3 is 0 Å². The highest BCUT2D eigenvalue weighted by atomic mass is 16.7. The summed E-state index contributed by atoms with van der Waals surface area (Å²) >= 11 is 0. The molecule has 32 heavy (non-hydrogen) atoms. The van der Waals surface area contributed by atoms with Gasteiger partial charge in [0.15, 0.2) is 23.0 Å². The molecule has 3 aromatic rings. The molecule has 9 nitrogen and oxygen atoms in total. The van der Waals surface area contributed by atoms with Crippen molar-refractivity contribution in [1.29, 1.82) is 0 Å². The maximum Gasteiger partial charge on any atom is 0.231 e. The first-order valence-corrected chi connectivity index (χ1v) is 10.7. The summed E-state index contributed by atoms with van der Waals surface area (Å²) in [7, 11) is 1.58. The lowest BCUT2D eigenvalue weighted by Gasteiger charge is -2.20. The minimum atomic E-state index is -0.571. The Morgan fingerprint density at radius 3 is 2.88 bits per heavy atom. The number of aliphatic hydroxyl groups excluding tert-OH is 1. The van der Waals surface area contributed by atoms with Crippen molar-refractivity contribution >= 4 is 22.4 Å². The third-order valence-corrected chi connectivity index (χ3v) is 5.67. The molecule has 1 unspecified atom stereocenters. The summed E-state index contributed by atoms with van der Waals surface area (Å²) in [6.45, 7) is 3.05. The van der Waals surface area contributed by atoms with E-state index in [1.54, 1.807) is 13.2 Å². The van der Waals surface area contributed by atoms with Crippen LogP contribution in [0.2, 0.25) is 0 Å². The lowest BCUT2D eigenvalue weighted by atomic mass is 10.2. The van der Waals surface area contributed by atoms with Crippen LogP contribution in [0.1, 0.15) is 12.8 Å². The van der Waals surface area contributed by atoms with Crippen LogP contribution in [0.5, 0.6) is 23.0 Å². The molecule has 0 aliphatic carbocycles. The predicted molar refractivity (Wildman–Crippen MR) is 119 cm³/mol. The first-order valence-electron chi connectivity index (χ1n) is 10.7. The monoisotopic (exact) mass is 438 g/mol. The number of aliphatic hydroxyl groups is 1. The topological polar surface area (TPSA) is 98.2 Å². The van der Waals surface area contributed by atoms with Gasteiger partial charge in [0.25, 0.3) is 0 Å². The highest BCUT2D eigenvalue weighted by Crippen LogP contribution is 2.41. The molecule has 0 bridgehead atoms. The Balaban J connectivity index is 1.37. The maximum atomic E-state index is 10.4. The number of rotatable bonds is 8. The number of para-hydroxylation sites is 1. The summed E-state index contributed by atoms with van der Waals surface area (Å²) in [5, 5.41) is 14.4. The maximum absolute atomic E-state index is 10.4. The Bertz CT molecular complexity index is 1100. The van der Waals surface area contributed by atoms with Gasteiger partial charge in [-0.05, 0) is 44.1 Å². The summed E-state index contributed by atoms with van der Waals surface area (Å²) in [5.74, 6) is 3.02. The molecule has 1 atom stereocenters. The summed E-state index contributed by atoms with van der Waals surface area (Å²) in [6.07, 6.45) is 3.29. The van der Waals surface area contributed by atoms with E-state index in [-0.39, 0.29) is 13.4 Å². The van der Waals surface area contributed by atoms with Crippen molar-refractivity contribution in [2.75, 3.05) is 45.5 Å². The lowest BCUT2D eigenvalue weighted by molar-refractivity contribution is 0.0747. The van der Waals surface area contributed by atoms with E-state index in [1.807, 2.05) is 24.3 Å². The molecular weight excluding hydrogens is 412 g/mol. The van der Waals surface area contributed by atoms with Crippen molar-refractivity contribution in [3.8, 4) is 23.0 Å². The van der Waals surface area contributed by atoms with Crippen molar-refractivity contribution in [1.82, 2.24) is 14.9 Å². The third-order valence-electron chi connectivity index (χ3n) is 5.67. The number of β-amino-alcohol motifs (C(OH)–C–C–N with tert-alkyl or cyclic N) is 1. The Morgan fingerprint density at radius 1 is 1.16 bits per heavy atom. The second-order valence-corrected chi connectivity index (χ2v) is 7.88. The molecule has 1 saturated heterocycles. The molecule has 2 aliphatic rings. The summed E-state index contributed by atoms with van der Waals surface area (Å²) in [6, 6.07) is 9.28. The van der Waals surface area contributed by atoms with Crippen LogP contribution >= 0.6 is 0 Å². The lowest BCUT2D eigenvalue weighted by Crippen LogP contribution is -2.33. The largest absolute Gasteiger partial charge is 0.493 e. The van der Waals surface area contributed by atoms with E-state index in [9.17, 15) is 5.11 Å². The number of methoxy groups -OCH3 is 1. The van der Waals surface area contributed by atoms with E-state index in [0.29, 0.717) is 40.9 Å². The third kappa shape index (κ3) is 4.21. The molecule has 0 spiro atoms. The van der Waals surface area contributed by atoms with Gasteiger partial charge in [0.05, 0.1) is 18.3 Å². The van der Waals surface area contributed by atoms with Gasteiger partial charge in [0, 0.05) is 18.0 Å². The fourth-order valence-electron chi connectivity index (χ4n) is 4.09. The van der Waals surface area contributed by atoms with E-state index < -0.39 is 6.10 Å². The average molecular weight is 438 g/mol. The molecule has 5 rings (SSSR count). The van der Waals surface area contributed by atoms with E-state index in [4.69, 9.17) is 18.9 Å². The van der Waals surface area contributed by atoms with Crippen LogP contribution in [0.25, 0.3) is 10.9 Å². The fourth-order valence-corrected chi connectivity index (χ4v) is 4.09. The van der Waals surface area contributed by atoms with Crippen LogP contribution in [0.3, 0.4) is 0 Å². The SMILES string of the molecule is COc1cc2c(Nc3cccc4c3OCO4)ncnc2cc1OCC(O)CN1CCCC1. The molecule has 2 N–H and O–H groups in total. The zero-order valence-corrected chi connectivity index (χ0v) is 17.9. The zero-order chi connectivity index (χ0) is 21.9. The van der Waals surface area contributed by atoms with Gasteiger partial charge in [0.1, 0.15) is 24.9 Å². The fraction of sp³-hybridized carbons (Fsp3) is 0.391. The van der Waals surface area contributed by atoms with E-state index in [0.717, 1.165) is 24.2 Å². The predicted octanol–water partition coefficient (Wildman–Crippen LogP) is 2.95. The van der Waals surface area contributed by atoms with Crippen molar-refractivity contribution in [3.05, 3.63) is 36.7 Å². The number of nitrogens with zero attached hydrogens (tertiary/aromatic N) is 3. The quantitative estimate of drug-likeness (QED) is 0.550. The first-order chi connectivity index (χ1) is 15.7. The number of aromatic nitrogens is 2. The highest BCUT2D eigenvalue weighted by molar-refractivity contribution is 5.93. The molecular formula is C23H26N4O5. The zero-order valence-electron chi connectivity index (χ0n) is 17.9. The van der Waals surface area contributed by atoms with Gasteiger partial charge in [-0.15, -0.1) is 0 Å². The first kappa shape index (κ1) is 20.6. The highest BCUT2D eigenvalue weighted by Gasteiger charge is 2.20. The molecule has 1 fully saturated rings. The number of ether oxygens (including phenoxy) is 4. The smallest absolute Gasteiger partial charge is 0.231 e. The molecule has 1 aromatic heterocycles. The van der Waals surface area contributed by atoms with Crippen molar-refractivity contribution in [3.63, 3.8) is 0 Å². The van der Waals surface area contributed by atoms with Gasteiger partial charge in [-0.1, -0.05) is 6.07 Å². The van der Waals surface area contributed by atoms with E-state index in [2.05, 4.69) is 20.2 Å². The average Bonchev–Trinajstić information content (AvgIpc) is 3.50. The van der Waals surface area contributed by atoms with Gasteiger partial charge in [-0.3, -0.25) is 0 Å². The van der Waals surface area contributed by atoms with Gasteiger partial charge < -0.3 is 34.3 Å². The minimum Gasteiger partial charge on any atom is -0.493 e. The molecule has 0 saturated carbocycles. The van der Waals surface area contributed by atoms with Gasteiger partial charge in [-0.2, -0.15) is 0 Å². The van der Waals surface area contributed by atoms with Crippen LogP contribution in [-0.2, 0) is 0 Å². The summed E-state index contributed by atoms with van der Waals surface area (Å²) < 4.78 is 22.5. The second kappa shape index (κ2) is 9.05. The van der Waals surface area contributed by atoms with Crippen LogP contribution in [0, 0.1) is 0 Å². The number of hydrogen-bond acceptors (Lipinski definition) is 9. The Kier molecular flexibility index (Phi) is 5.83. The molecule has 9 heteroatoms. The molecule has 2 aliphatic heterocycles. The van der Waals surface area contributed by atoms with Gasteiger partial charge in [-0.25, -0.2) is 9.97 Å². The van der Waals surface area contributed by atoms with Crippen LogP contribution in [-0.4, -0.2) is 66.2 Å². The summed E-state index contributed by atoms with van der Waals surface area (Å²) in [5.41, 5.74) is 1.45. The number of fused-ring (bicyclic) bond motifs is 2. The minimum absolute atomic E-state index is 0.183. The second-order valence-electron chi connectivity index (χ2n) is 7.88. The molecule has 2 aromatic carbocycles. The number of benzene rings is 2. The van der Waals surface area contributed by atoms with E-state index >= 15 is 0 Å². The van der Waals surface area contributed by atoms with Crippen LogP contribution in [0.4, 0.5) is 11.5 Å². The standard InChI is InChI=1S/C23H26N4O5/c1-29-20-9-16-18(10-21(20)30-12-15(28)11-27-7-2-3-8-27)24-13-25-23(16)26-17-5-4-6-19-22(17)32-14-31-19/h4-6,9-10,13,15,28H,2-3,7-8,11-12,14H2,1H3,(H,24,25,26).